The Morgan fingerprint density at radius 1 is 0.577 bits per heavy atom. The summed E-state index contributed by atoms with van der Waals surface area (Å²) in [4.78, 5) is 46.6. The zero-order chi connectivity index (χ0) is 37.4. The lowest BCUT2D eigenvalue weighted by Gasteiger charge is -2.23. The molecule has 4 amide bonds. The van der Waals surface area contributed by atoms with Crippen molar-refractivity contribution in [1.82, 2.24) is 0 Å². The van der Waals surface area contributed by atoms with E-state index in [2.05, 4.69) is 20.6 Å². The molecule has 2 atom stereocenters. The molecule has 6 rings (SSSR count). The Balaban J connectivity index is 1.08. The lowest BCUT2D eigenvalue weighted by molar-refractivity contribution is 0.0994. The van der Waals surface area contributed by atoms with E-state index >= 15 is 0 Å². The highest BCUT2D eigenvalue weighted by atomic mass is 32.2. The maximum absolute atomic E-state index is 12.9. The van der Waals surface area contributed by atoms with Gasteiger partial charge in [0.15, 0.2) is 0 Å². The summed E-state index contributed by atoms with van der Waals surface area (Å²) in [5, 5.41) is 23.1. The van der Waals surface area contributed by atoms with Crippen LogP contribution in [0, 0.1) is 0 Å². The van der Waals surface area contributed by atoms with E-state index < -0.39 is 48.6 Å². The third kappa shape index (κ3) is 7.42. The monoisotopic (exact) mass is 742 g/mol. The van der Waals surface area contributed by atoms with Gasteiger partial charge in [-0.2, -0.15) is 16.8 Å². The average molecular weight is 743 g/mol. The van der Waals surface area contributed by atoms with Gasteiger partial charge in [0.1, 0.15) is 22.0 Å². The molecule has 0 saturated carbocycles. The van der Waals surface area contributed by atoms with Gasteiger partial charge in [-0.1, -0.05) is 36.5 Å². The number of anilines is 2. The minimum absolute atomic E-state index is 0.00879. The van der Waals surface area contributed by atoms with Crippen molar-refractivity contribution in [1.29, 1.82) is 0 Å². The normalized spacial score (nSPS) is 21.0. The minimum atomic E-state index is -4.54. The fourth-order valence-corrected chi connectivity index (χ4v) is 7.21. The third-order valence-corrected chi connectivity index (χ3v) is 10.1. The molecule has 0 radical (unpaired) electrons. The number of aliphatic hydroxyl groups excluding tert-OH is 2. The van der Waals surface area contributed by atoms with Crippen LogP contribution in [0.1, 0.15) is 20.7 Å². The molecule has 2 aromatic carbocycles. The Kier molecular flexibility index (Phi) is 9.44. The number of fused-ring (bicyclic) bond motifs is 2. The van der Waals surface area contributed by atoms with Gasteiger partial charge in [-0.15, -0.1) is 0 Å². The molecule has 0 fully saturated rings. The third-order valence-electron chi connectivity index (χ3n) is 8.00. The predicted molar refractivity (Wildman–Crippen MR) is 192 cm³/mol. The zero-order valence-corrected chi connectivity index (χ0v) is 28.0. The SMILES string of the molecule is O=C(Nc1ccc(C(=O)N=C2C=CC=C3C2=C(O)C=CC3S(=O)(=O)O)cc1)Nc1ccc(C(=O)N=C2C=CC=C3C2=C(O)C=CC3S(=O)(=O)O)cc1. The van der Waals surface area contributed by atoms with Crippen LogP contribution in [0.3, 0.4) is 0 Å². The van der Waals surface area contributed by atoms with Crippen molar-refractivity contribution in [3.8, 4) is 0 Å². The molecule has 2 aromatic rings. The summed E-state index contributed by atoms with van der Waals surface area (Å²) in [7, 11) is -9.09. The van der Waals surface area contributed by atoms with E-state index in [4.69, 9.17) is 0 Å². The van der Waals surface area contributed by atoms with Gasteiger partial charge in [0.25, 0.3) is 32.1 Å². The van der Waals surface area contributed by atoms with E-state index in [-0.39, 0.29) is 56.4 Å². The van der Waals surface area contributed by atoms with Crippen LogP contribution in [0.5, 0.6) is 0 Å². The van der Waals surface area contributed by atoms with Gasteiger partial charge in [-0.05, 0) is 84.0 Å². The lowest BCUT2D eigenvalue weighted by Crippen LogP contribution is -2.28. The van der Waals surface area contributed by atoms with E-state index in [1.165, 1.54) is 85.0 Å². The maximum atomic E-state index is 12.9. The molecule has 4 aliphatic carbocycles. The topological polar surface area (TPSA) is 249 Å². The Morgan fingerprint density at radius 2 is 0.942 bits per heavy atom. The second kappa shape index (κ2) is 13.8. The van der Waals surface area contributed by atoms with Gasteiger partial charge >= 0.3 is 6.03 Å². The maximum Gasteiger partial charge on any atom is 0.323 e. The first-order valence-electron chi connectivity index (χ1n) is 15.1. The molecule has 0 spiro atoms. The summed E-state index contributed by atoms with van der Waals surface area (Å²) in [6, 6.07) is 10.7. The molecule has 15 nitrogen and oxygen atoms in total. The first-order valence-corrected chi connectivity index (χ1v) is 18.1. The Bertz CT molecular complexity index is 2290. The minimum Gasteiger partial charge on any atom is -0.507 e. The number of nitrogens with one attached hydrogen (secondary N) is 2. The van der Waals surface area contributed by atoms with Crippen molar-refractivity contribution in [2.45, 2.75) is 10.5 Å². The highest BCUT2D eigenvalue weighted by Gasteiger charge is 2.35. The number of hydrogen-bond acceptors (Lipinski definition) is 9. The largest absolute Gasteiger partial charge is 0.507 e. The number of carbonyl (C=O) groups excluding carboxylic acids is 3. The molecular formula is C35H26N4O11S2. The molecule has 17 heteroatoms. The van der Waals surface area contributed by atoms with Crippen LogP contribution in [0.15, 0.2) is 153 Å². The van der Waals surface area contributed by atoms with Crippen molar-refractivity contribution in [2.24, 2.45) is 9.98 Å². The molecule has 0 heterocycles. The summed E-state index contributed by atoms with van der Waals surface area (Å²) >= 11 is 0. The fraction of sp³-hybridized carbons (Fsp3) is 0.0571. The Labute approximate surface area is 296 Å². The molecule has 0 aromatic heterocycles. The number of benzene rings is 2. The number of nitrogens with zero attached hydrogens (tertiary/aromatic N) is 2. The summed E-state index contributed by atoms with van der Waals surface area (Å²) in [6.07, 6.45) is 12.9. The summed E-state index contributed by atoms with van der Waals surface area (Å²) in [5.74, 6) is -2.10. The molecule has 0 saturated heterocycles. The van der Waals surface area contributed by atoms with E-state index in [1.807, 2.05) is 0 Å². The van der Waals surface area contributed by atoms with Gasteiger partial charge in [0.2, 0.25) is 0 Å². The van der Waals surface area contributed by atoms with Crippen LogP contribution in [0.2, 0.25) is 0 Å². The van der Waals surface area contributed by atoms with Crippen molar-refractivity contribution in [3.05, 3.63) is 154 Å². The second-order valence-corrected chi connectivity index (χ2v) is 14.5. The second-order valence-electron chi connectivity index (χ2n) is 11.4. The molecule has 52 heavy (non-hydrogen) atoms. The van der Waals surface area contributed by atoms with Gasteiger partial charge in [0.05, 0.1) is 11.4 Å². The Morgan fingerprint density at radius 3 is 1.29 bits per heavy atom. The van der Waals surface area contributed by atoms with Crippen molar-refractivity contribution < 1.29 is 50.5 Å². The first kappa shape index (κ1) is 35.6. The Hall–Kier alpha value is -6.27. The van der Waals surface area contributed by atoms with E-state index in [1.54, 1.807) is 0 Å². The average Bonchev–Trinajstić information content (AvgIpc) is 3.08. The highest BCUT2D eigenvalue weighted by molar-refractivity contribution is 7.87. The number of rotatable bonds is 6. The van der Waals surface area contributed by atoms with Crippen LogP contribution in [0.25, 0.3) is 0 Å². The van der Waals surface area contributed by atoms with E-state index in [0.29, 0.717) is 11.4 Å². The van der Waals surface area contributed by atoms with Crippen molar-refractivity contribution in [2.75, 3.05) is 10.6 Å². The van der Waals surface area contributed by atoms with E-state index in [0.717, 1.165) is 24.3 Å². The number of aliphatic imine (C=N–C) groups is 2. The molecule has 0 bridgehead atoms. The smallest absolute Gasteiger partial charge is 0.323 e. The van der Waals surface area contributed by atoms with Crippen molar-refractivity contribution in [3.63, 3.8) is 0 Å². The summed E-state index contributed by atoms with van der Waals surface area (Å²) in [6.45, 7) is 0. The number of aliphatic hydroxyl groups is 2. The van der Waals surface area contributed by atoms with Crippen LogP contribution in [0.4, 0.5) is 16.2 Å². The fourth-order valence-electron chi connectivity index (χ4n) is 5.62. The first-order chi connectivity index (χ1) is 24.6. The predicted octanol–water partition coefficient (Wildman–Crippen LogP) is 4.76. The lowest BCUT2D eigenvalue weighted by atomic mass is 9.89. The number of allylic oxidation sites excluding steroid dienone is 10. The molecular weight excluding hydrogens is 717 g/mol. The number of amides is 4. The van der Waals surface area contributed by atoms with Gasteiger partial charge in [0, 0.05) is 33.6 Å². The summed E-state index contributed by atoms with van der Waals surface area (Å²) in [5.41, 5.74) is 0.919. The van der Waals surface area contributed by atoms with Crippen LogP contribution < -0.4 is 10.6 Å². The standard InChI is InChI=1S/C35H26N4O11S2/c40-27-15-17-29(51(45,46)47)23-3-1-5-25(31(23)27)38-33(42)19-7-11-21(12-8-19)36-35(44)37-22-13-9-20(10-14-22)34(43)39-26-6-2-4-24-30(52(48,49)50)18-16-28(41)32(24)26/h1-18,29-30,40-41H,(H2,36,37,44)(H,45,46,47)(H,48,49,50). The zero-order valence-electron chi connectivity index (χ0n) is 26.4. The number of hydrogen-bond donors (Lipinski definition) is 6. The van der Waals surface area contributed by atoms with Gasteiger partial charge in [-0.3, -0.25) is 18.7 Å². The molecule has 264 valence electrons. The van der Waals surface area contributed by atoms with Gasteiger partial charge < -0.3 is 20.8 Å². The molecule has 2 unspecified atom stereocenters. The molecule has 4 aliphatic rings. The van der Waals surface area contributed by atoms with Crippen LogP contribution in [-0.2, 0) is 20.2 Å². The van der Waals surface area contributed by atoms with Gasteiger partial charge in [-0.25, -0.2) is 14.8 Å². The molecule has 6 N–H and O–H groups in total. The number of urea groups is 1. The number of carbonyl (C=O) groups is 3. The summed E-state index contributed by atoms with van der Waals surface area (Å²) < 4.78 is 66.5. The van der Waals surface area contributed by atoms with Crippen LogP contribution in [-0.4, -0.2) is 75.9 Å². The van der Waals surface area contributed by atoms with Crippen molar-refractivity contribution >= 4 is 60.9 Å². The van der Waals surface area contributed by atoms with Crippen LogP contribution >= 0.6 is 0 Å². The molecule has 0 aliphatic heterocycles. The quantitative estimate of drug-likeness (QED) is 0.220. The van der Waals surface area contributed by atoms with E-state index in [9.17, 15) is 50.5 Å². The highest BCUT2D eigenvalue weighted by Crippen LogP contribution is 2.33.